The van der Waals surface area contributed by atoms with E-state index in [0.717, 1.165) is 0 Å². The summed E-state index contributed by atoms with van der Waals surface area (Å²) in [6, 6.07) is 6.36. The maximum atomic E-state index is 12.4. The molecule has 0 aliphatic carbocycles. The number of halogens is 1. The Bertz CT molecular complexity index is 725. The van der Waals surface area contributed by atoms with Crippen molar-refractivity contribution in [3.8, 4) is 0 Å². The fraction of sp³-hybridized carbons (Fsp3) is 0.353. The molecule has 1 aliphatic rings. The Balaban J connectivity index is 1.52. The summed E-state index contributed by atoms with van der Waals surface area (Å²) >= 11 is 5.79. The minimum Gasteiger partial charge on any atom is -0.459 e. The van der Waals surface area contributed by atoms with Crippen LogP contribution in [0.5, 0.6) is 0 Å². The smallest absolute Gasteiger partial charge is 0.289 e. The Morgan fingerprint density at radius 1 is 1.24 bits per heavy atom. The Morgan fingerprint density at radius 3 is 2.60 bits per heavy atom. The van der Waals surface area contributed by atoms with E-state index in [9.17, 15) is 9.59 Å². The van der Waals surface area contributed by atoms with Gasteiger partial charge in [0.1, 0.15) is 5.82 Å². The molecule has 0 bridgehead atoms. The van der Waals surface area contributed by atoms with Crippen molar-refractivity contribution < 1.29 is 14.0 Å². The van der Waals surface area contributed by atoms with Crippen molar-refractivity contribution >= 4 is 29.2 Å². The number of amides is 2. The molecule has 8 heteroatoms. The third kappa shape index (κ3) is 4.18. The van der Waals surface area contributed by atoms with Gasteiger partial charge >= 0.3 is 0 Å². The molecule has 1 atom stereocenters. The van der Waals surface area contributed by atoms with Crippen LogP contribution in [0.1, 0.15) is 17.5 Å². The normalized spacial score (nSPS) is 16.5. The molecule has 0 aromatic carbocycles. The van der Waals surface area contributed by atoms with Gasteiger partial charge in [-0.3, -0.25) is 14.5 Å². The van der Waals surface area contributed by atoms with E-state index in [2.05, 4.69) is 10.3 Å². The van der Waals surface area contributed by atoms with Gasteiger partial charge in [0.2, 0.25) is 5.91 Å². The van der Waals surface area contributed by atoms with Crippen LogP contribution in [0.3, 0.4) is 0 Å². The van der Waals surface area contributed by atoms with Gasteiger partial charge in [0.05, 0.1) is 17.3 Å². The van der Waals surface area contributed by atoms with Crippen molar-refractivity contribution in [3.63, 3.8) is 0 Å². The molecule has 1 N–H and O–H groups in total. The SMILES string of the molecule is C[C@H](C(=O)Nc1ccc(Cl)cn1)N1CCN(C(=O)c2ccco2)CC1. The van der Waals surface area contributed by atoms with Gasteiger partial charge in [-0.1, -0.05) is 11.6 Å². The van der Waals surface area contributed by atoms with Crippen LogP contribution in [-0.2, 0) is 4.79 Å². The second-order valence-electron chi connectivity index (χ2n) is 5.83. The third-order valence-corrected chi connectivity index (χ3v) is 4.46. The number of anilines is 1. The lowest BCUT2D eigenvalue weighted by atomic mass is 10.2. The lowest BCUT2D eigenvalue weighted by Gasteiger charge is -2.37. The van der Waals surface area contributed by atoms with Gasteiger partial charge in [-0.15, -0.1) is 0 Å². The van der Waals surface area contributed by atoms with Crippen molar-refractivity contribution in [3.05, 3.63) is 47.5 Å². The molecular weight excluding hydrogens is 344 g/mol. The van der Waals surface area contributed by atoms with Crippen LogP contribution >= 0.6 is 11.6 Å². The fourth-order valence-electron chi connectivity index (χ4n) is 2.71. The van der Waals surface area contributed by atoms with Crippen LogP contribution in [0.25, 0.3) is 0 Å². The highest BCUT2D eigenvalue weighted by molar-refractivity contribution is 6.30. The van der Waals surface area contributed by atoms with Crippen LogP contribution in [0.2, 0.25) is 5.02 Å². The van der Waals surface area contributed by atoms with Crippen molar-refractivity contribution in [1.82, 2.24) is 14.8 Å². The number of nitrogens with one attached hydrogen (secondary N) is 1. The van der Waals surface area contributed by atoms with Gasteiger partial charge in [-0.25, -0.2) is 4.98 Å². The molecule has 1 aliphatic heterocycles. The molecule has 0 saturated carbocycles. The number of pyridine rings is 1. The highest BCUT2D eigenvalue weighted by atomic mass is 35.5. The highest BCUT2D eigenvalue weighted by Gasteiger charge is 2.28. The van der Waals surface area contributed by atoms with E-state index < -0.39 is 0 Å². The number of hydrogen-bond donors (Lipinski definition) is 1. The molecule has 132 valence electrons. The number of piperazine rings is 1. The zero-order valence-corrected chi connectivity index (χ0v) is 14.6. The zero-order chi connectivity index (χ0) is 17.8. The molecule has 3 heterocycles. The van der Waals surface area contributed by atoms with E-state index in [0.29, 0.717) is 42.8 Å². The minimum atomic E-state index is -0.321. The van der Waals surface area contributed by atoms with Crippen molar-refractivity contribution in [1.29, 1.82) is 0 Å². The molecule has 1 fully saturated rings. The van der Waals surface area contributed by atoms with E-state index >= 15 is 0 Å². The molecule has 2 aromatic rings. The van der Waals surface area contributed by atoms with Gasteiger partial charge in [0.15, 0.2) is 5.76 Å². The molecule has 1 saturated heterocycles. The summed E-state index contributed by atoms with van der Waals surface area (Å²) in [4.78, 5) is 32.5. The average Bonchev–Trinajstić information content (AvgIpc) is 3.17. The van der Waals surface area contributed by atoms with Gasteiger partial charge in [-0.05, 0) is 31.2 Å². The molecule has 2 amide bonds. The Kier molecular flexibility index (Phi) is 5.35. The Labute approximate surface area is 150 Å². The quantitative estimate of drug-likeness (QED) is 0.901. The topological polar surface area (TPSA) is 78.7 Å². The van der Waals surface area contributed by atoms with E-state index in [1.165, 1.54) is 12.5 Å². The molecular formula is C17H19ClN4O3. The van der Waals surface area contributed by atoms with Gasteiger partial charge in [0, 0.05) is 32.4 Å². The van der Waals surface area contributed by atoms with E-state index in [4.69, 9.17) is 16.0 Å². The summed E-state index contributed by atoms with van der Waals surface area (Å²) in [5, 5.41) is 3.29. The summed E-state index contributed by atoms with van der Waals surface area (Å²) in [5.41, 5.74) is 0. The van der Waals surface area contributed by atoms with Crippen molar-refractivity contribution in [2.75, 3.05) is 31.5 Å². The summed E-state index contributed by atoms with van der Waals surface area (Å²) in [5.74, 6) is 0.550. The van der Waals surface area contributed by atoms with Crippen molar-refractivity contribution in [2.45, 2.75) is 13.0 Å². The van der Waals surface area contributed by atoms with Gasteiger partial charge < -0.3 is 14.6 Å². The van der Waals surface area contributed by atoms with E-state index in [1.54, 1.807) is 29.2 Å². The number of carbonyl (C=O) groups excluding carboxylic acids is 2. The minimum absolute atomic E-state index is 0.118. The van der Waals surface area contributed by atoms with E-state index in [-0.39, 0.29) is 17.9 Å². The summed E-state index contributed by atoms with van der Waals surface area (Å²) in [6.45, 7) is 4.19. The Hall–Kier alpha value is -2.38. The lowest BCUT2D eigenvalue weighted by Crippen LogP contribution is -2.54. The maximum Gasteiger partial charge on any atom is 0.289 e. The number of rotatable bonds is 4. The van der Waals surface area contributed by atoms with Crippen LogP contribution in [0, 0.1) is 0 Å². The van der Waals surface area contributed by atoms with Gasteiger partial charge in [0.25, 0.3) is 5.91 Å². The van der Waals surface area contributed by atoms with Crippen molar-refractivity contribution in [2.24, 2.45) is 0 Å². The number of nitrogens with zero attached hydrogens (tertiary/aromatic N) is 3. The molecule has 0 unspecified atom stereocenters. The first kappa shape index (κ1) is 17.4. The molecule has 25 heavy (non-hydrogen) atoms. The Morgan fingerprint density at radius 2 is 2.00 bits per heavy atom. The average molecular weight is 363 g/mol. The molecule has 0 spiro atoms. The number of hydrogen-bond acceptors (Lipinski definition) is 5. The standard InChI is InChI=1S/C17H19ClN4O3/c1-12(16(23)20-15-5-4-13(18)11-19-15)21-6-8-22(9-7-21)17(24)14-3-2-10-25-14/h2-5,10-12H,6-9H2,1H3,(H,19,20,23)/t12-/m1/s1. The number of carbonyl (C=O) groups is 2. The first-order valence-corrected chi connectivity index (χ1v) is 8.41. The second-order valence-corrected chi connectivity index (χ2v) is 6.27. The summed E-state index contributed by atoms with van der Waals surface area (Å²) < 4.78 is 5.15. The predicted molar refractivity (Wildman–Crippen MR) is 93.5 cm³/mol. The third-order valence-electron chi connectivity index (χ3n) is 4.24. The molecule has 3 rings (SSSR count). The summed E-state index contributed by atoms with van der Waals surface area (Å²) in [7, 11) is 0. The highest BCUT2D eigenvalue weighted by Crippen LogP contribution is 2.13. The van der Waals surface area contributed by atoms with Gasteiger partial charge in [-0.2, -0.15) is 0 Å². The predicted octanol–water partition coefficient (Wildman–Crippen LogP) is 2.11. The number of aromatic nitrogens is 1. The van der Waals surface area contributed by atoms with Crippen LogP contribution in [0.15, 0.2) is 41.1 Å². The summed E-state index contributed by atoms with van der Waals surface area (Å²) in [6.07, 6.45) is 2.97. The lowest BCUT2D eigenvalue weighted by molar-refractivity contribution is -0.121. The zero-order valence-electron chi connectivity index (χ0n) is 13.8. The second kappa shape index (κ2) is 7.67. The molecule has 2 aromatic heterocycles. The van der Waals surface area contributed by atoms with Crippen LogP contribution in [0.4, 0.5) is 5.82 Å². The first-order chi connectivity index (χ1) is 12.0. The monoisotopic (exact) mass is 362 g/mol. The van der Waals surface area contributed by atoms with Crippen LogP contribution < -0.4 is 5.32 Å². The number of furan rings is 1. The maximum absolute atomic E-state index is 12.4. The molecule has 0 radical (unpaired) electrons. The molecule has 7 nitrogen and oxygen atoms in total. The largest absolute Gasteiger partial charge is 0.459 e. The van der Waals surface area contributed by atoms with Crippen LogP contribution in [-0.4, -0.2) is 58.8 Å². The fourth-order valence-corrected chi connectivity index (χ4v) is 2.83. The first-order valence-electron chi connectivity index (χ1n) is 8.04. The van der Waals surface area contributed by atoms with E-state index in [1.807, 2.05) is 11.8 Å².